The Morgan fingerprint density at radius 3 is 2.10 bits per heavy atom. The van der Waals surface area contributed by atoms with Crippen LogP contribution in [0.15, 0.2) is 29.1 Å². The third kappa shape index (κ3) is 4.52. The number of hydrogen-bond donors (Lipinski definition) is 0. The maximum absolute atomic E-state index is 13.7. The molecule has 0 N–H and O–H groups in total. The van der Waals surface area contributed by atoms with Gasteiger partial charge in [0, 0.05) is 38.3 Å². The van der Waals surface area contributed by atoms with Gasteiger partial charge in [0.25, 0.3) is 5.56 Å². The number of para-hydroxylation sites is 2. The van der Waals surface area contributed by atoms with E-state index in [2.05, 4.69) is 26.5 Å². The zero-order valence-electron chi connectivity index (χ0n) is 19.0. The minimum atomic E-state index is 0.130. The van der Waals surface area contributed by atoms with Crippen molar-refractivity contribution in [2.45, 2.75) is 89.1 Å². The van der Waals surface area contributed by atoms with Crippen molar-refractivity contribution in [2.75, 3.05) is 31.1 Å². The first-order valence-corrected chi connectivity index (χ1v) is 12.8. The Hall–Kier alpha value is -1.88. The fourth-order valence-electron chi connectivity index (χ4n) is 6.12. The summed E-state index contributed by atoms with van der Waals surface area (Å²) in [5.74, 6) is 0.681. The number of rotatable bonds is 3. The molecule has 0 amide bonds. The zero-order chi connectivity index (χ0) is 21.0. The van der Waals surface area contributed by atoms with Crippen molar-refractivity contribution < 1.29 is 0 Å². The number of piperidine rings is 2. The summed E-state index contributed by atoms with van der Waals surface area (Å²) in [6.45, 7) is 4.16. The van der Waals surface area contributed by atoms with Crippen LogP contribution in [0.25, 0.3) is 11.0 Å². The third-order valence-corrected chi connectivity index (χ3v) is 7.89. The predicted molar refractivity (Wildman–Crippen MR) is 128 cm³/mol. The molecule has 5 nitrogen and oxygen atoms in total. The molecule has 2 saturated heterocycles. The van der Waals surface area contributed by atoms with E-state index in [4.69, 9.17) is 4.98 Å². The van der Waals surface area contributed by atoms with Gasteiger partial charge in [-0.3, -0.25) is 4.79 Å². The molecule has 0 bridgehead atoms. The first kappa shape index (κ1) is 21.0. The fraction of sp³-hybridized carbons (Fsp3) is 0.692. The molecular formula is C26H38N4O. The number of likely N-dealkylation sites (tertiary alicyclic amines) is 1. The Morgan fingerprint density at radius 2 is 1.35 bits per heavy atom. The first-order valence-electron chi connectivity index (χ1n) is 12.8. The van der Waals surface area contributed by atoms with Gasteiger partial charge in [0.2, 0.25) is 0 Å². The summed E-state index contributed by atoms with van der Waals surface area (Å²) in [5, 5.41) is 0. The molecule has 5 heteroatoms. The molecule has 5 rings (SSSR count). The van der Waals surface area contributed by atoms with E-state index in [1.807, 2.05) is 12.1 Å². The second-order valence-corrected chi connectivity index (χ2v) is 9.91. The molecule has 3 heterocycles. The molecule has 0 atom stereocenters. The summed E-state index contributed by atoms with van der Waals surface area (Å²) in [6.07, 6.45) is 15.5. The highest BCUT2D eigenvalue weighted by Gasteiger charge is 2.29. The van der Waals surface area contributed by atoms with Crippen LogP contribution in [0.3, 0.4) is 0 Å². The van der Waals surface area contributed by atoms with Gasteiger partial charge in [0.1, 0.15) is 0 Å². The summed E-state index contributed by atoms with van der Waals surface area (Å²) in [6, 6.07) is 9.29. The van der Waals surface area contributed by atoms with Crippen LogP contribution in [0.4, 0.5) is 5.82 Å². The minimum absolute atomic E-state index is 0.130. The minimum Gasteiger partial charge on any atom is -0.352 e. The van der Waals surface area contributed by atoms with Crippen molar-refractivity contribution in [3.05, 3.63) is 34.6 Å². The lowest BCUT2D eigenvalue weighted by Crippen LogP contribution is -2.44. The van der Waals surface area contributed by atoms with Crippen LogP contribution < -0.4 is 10.5 Å². The SMILES string of the molecule is O=c1c(N2CCCCC2)nc2ccccc2n1C1CCN(C2CCCCCCC2)CC1. The summed E-state index contributed by atoms with van der Waals surface area (Å²) < 4.78 is 2.11. The Morgan fingerprint density at radius 1 is 0.710 bits per heavy atom. The molecule has 1 aliphatic carbocycles. The number of anilines is 1. The highest BCUT2D eigenvalue weighted by molar-refractivity contribution is 5.76. The van der Waals surface area contributed by atoms with Crippen LogP contribution >= 0.6 is 0 Å². The largest absolute Gasteiger partial charge is 0.352 e. The van der Waals surface area contributed by atoms with Crippen molar-refractivity contribution >= 4 is 16.9 Å². The lowest BCUT2D eigenvalue weighted by Gasteiger charge is -2.39. The number of benzene rings is 1. The molecule has 1 saturated carbocycles. The fourth-order valence-corrected chi connectivity index (χ4v) is 6.12. The Bertz CT molecular complexity index is 917. The Labute approximate surface area is 186 Å². The third-order valence-electron chi connectivity index (χ3n) is 7.89. The molecule has 3 fully saturated rings. The normalized spacial score (nSPS) is 23.0. The van der Waals surface area contributed by atoms with Gasteiger partial charge >= 0.3 is 0 Å². The second kappa shape index (κ2) is 9.72. The van der Waals surface area contributed by atoms with Crippen LogP contribution in [-0.4, -0.2) is 46.7 Å². The lowest BCUT2D eigenvalue weighted by molar-refractivity contribution is 0.116. The highest BCUT2D eigenvalue weighted by Crippen LogP contribution is 2.30. The summed E-state index contributed by atoms with van der Waals surface area (Å²) in [4.78, 5) is 23.5. The van der Waals surface area contributed by atoms with Crippen LogP contribution in [-0.2, 0) is 0 Å². The zero-order valence-corrected chi connectivity index (χ0v) is 19.0. The van der Waals surface area contributed by atoms with Crippen molar-refractivity contribution in [2.24, 2.45) is 0 Å². The Kier molecular flexibility index (Phi) is 6.58. The summed E-state index contributed by atoms with van der Waals surface area (Å²) in [5.41, 5.74) is 2.10. The van der Waals surface area contributed by atoms with Gasteiger partial charge in [-0.15, -0.1) is 0 Å². The molecule has 3 aliphatic rings. The average Bonchev–Trinajstić information content (AvgIpc) is 2.79. The van der Waals surface area contributed by atoms with Crippen LogP contribution in [0.2, 0.25) is 0 Å². The van der Waals surface area contributed by atoms with Crippen molar-refractivity contribution in [3.8, 4) is 0 Å². The molecule has 0 spiro atoms. The molecule has 1 aromatic carbocycles. The quantitative estimate of drug-likeness (QED) is 0.687. The molecule has 31 heavy (non-hydrogen) atoms. The van der Waals surface area contributed by atoms with Gasteiger partial charge in [-0.05, 0) is 57.1 Å². The molecule has 1 aromatic heterocycles. The topological polar surface area (TPSA) is 41.4 Å². The maximum Gasteiger partial charge on any atom is 0.294 e. The first-order chi connectivity index (χ1) is 15.3. The van der Waals surface area contributed by atoms with Gasteiger partial charge in [0.15, 0.2) is 5.82 Å². The van der Waals surface area contributed by atoms with E-state index in [1.54, 1.807) is 0 Å². The van der Waals surface area contributed by atoms with Crippen LogP contribution in [0.1, 0.15) is 83.1 Å². The van der Waals surface area contributed by atoms with E-state index in [9.17, 15) is 4.79 Å². The average molecular weight is 423 g/mol. The van der Waals surface area contributed by atoms with E-state index >= 15 is 0 Å². The van der Waals surface area contributed by atoms with E-state index < -0.39 is 0 Å². The number of nitrogens with zero attached hydrogens (tertiary/aromatic N) is 4. The van der Waals surface area contributed by atoms with Gasteiger partial charge < -0.3 is 14.4 Å². The smallest absolute Gasteiger partial charge is 0.294 e. The number of aromatic nitrogens is 2. The summed E-state index contributed by atoms with van der Waals surface area (Å²) in [7, 11) is 0. The van der Waals surface area contributed by atoms with Gasteiger partial charge in [0.05, 0.1) is 11.0 Å². The standard InChI is InChI=1S/C26H38N4O/c31-26-25(29-17-9-4-10-18-29)27-23-13-7-8-14-24(23)30(26)22-15-19-28(20-16-22)21-11-5-2-1-3-6-12-21/h7-8,13-14,21-22H,1-6,9-12,15-20H2. The van der Waals surface area contributed by atoms with E-state index in [-0.39, 0.29) is 11.6 Å². The van der Waals surface area contributed by atoms with E-state index in [0.29, 0.717) is 5.82 Å². The molecule has 2 aromatic rings. The van der Waals surface area contributed by atoms with Gasteiger partial charge in [-0.25, -0.2) is 4.98 Å². The van der Waals surface area contributed by atoms with Crippen molar-refractivity contribution in [1.82, 2.24) is 14.5 Å². The van der Waals surface area contributed by atoms with Crippen molar-refractivity contribution in [1.29, 1.82) is 0 Å². The van der Waals surface area contributed by atoms with Crippen LogP contribution in [0, 0.1) is 0 Å². The van der Waals surface area contributed by atoms with Gasteiger partial charge in [-0.1, -0.05) is 44.2 Å². The Balaban J connectivity index is 1.39. The summed E-state index contributed by atoms with van der Waals surface area (Å²) >= 11 is 0. The van der Waals surface area contributed by atoms with E-state index in [0.717, 1.165) is 68.9 Å². The van der Waals surface area contributed by atoms with Crippen molar-refractivity contribution in [3.63, 3.8) is 0 Å². The number of fused-ring (bicyclic) bond motifs is 1. The van der Waals surface area contributed by atoms with E-state index in [1.165, 1.54) is 51.4 Å². The molecule has 0 radical (unpaired) electrons. The van der Waals surface area contributed by atoms with Crippen LogP contribution in [0.5, 0.6) is 0 Å². The monoisotopic (exact) mass is 422 g/mol. The number of hydrogen-bond acceptors (Lipinski definition) is 4. The lowest BCUT2D eigenvalue weighted by atomic mass is 9.93. The molecule has 2 aliphatic heterocycles. The highest BCUT2D eigenvalue weighted by atomic mass is 16.1. The predicted octanol–water partition coefficient (Wildman–Crippen LogP) is 5.14. The molecule has 0 unspecified atom stereocenters. The molecular weight excluding hydrogens is 384 g/mol. The molecule has 168 valence electrons. The van der Waals surface area contributed by atoms with Gasteiger partial charge in [-0.2, -0.15) is 0 Å². The maximum atomic E-state index is 13.7. The second-order valence-electron chi connectivity index (χ2n) is 9.91.